The molecule has 0 amide bonds. The van der Waals surface area contributed by atoms with E-state index in [0.29, 0.717) is 5.57 Å². The summed E-state index contributed by atoms with van der Waals surface area (Å²) in [6.07, 6.45) is 15.0. The highest BCUT2D eigenvalue weighted by Gasteiger charge is 2.30. The molecule has 0 spiro atoms. The third-order valence-electron chi connectivity index (χ3n) is 5.65. The van der Waals surface area contributed by atoms with Gasteiger partial charge in [0.05, 0.1) is 25.2 Å². The third kappa shape index (κ3) is 8.05. The lowest BCUT2D eigenvalue weighted by molar-refractivity contribution is -0.145. The molecular weight excluding hydrogens is 380 g/mol. The first-order chi connectivity index (χ1) is 14.1. The van der Waals surface area contributed by atoms with Crippen LogP contribution in [0.2, 0.25) is 0 Å². The van der Waals surface area contributed by atoms with Crippen molar-refractivity contribution < 1.29 is 24.9 Å². The maximum atomic E-state index is 11.9. The smallest absolute Gasteiger partial charge is 0.331 e. The fourth-order valence-electron chi connectivity index (χ4n) is 3.42. The van der Waals surface area contributed by atoms with E-state index in [4.69, 9.17) is 4.74 Å². The Labute approximate surface area is 181 Å². The van der Waals surface area contributed by atoms with Gasteiger partial charge in [0.2, 0.25) is 0 Å². The Morgan fingerprint density at radius 2 is 1.73 bits per heavy atom. The molecule has 3 N–H and O–H groups in total. The van der Waals surface area contributed by atoms with E-state index in [0.717, 1.165) is 5.57 Å². The molecule has 0 atom stereocenters. The summed E-state index contributed by atoms with van der Waals surface area (Å²) in [4.78, 5) is 11.9. The van der Waals surface area contributed by atoms with E-state index in [1.165, 1.54) is 36.5 Å². The van der Waals surface area contributed by atoms with E-state index in [1.54, 1.807) is 6.92 Å². The lowest BCUT2D eigenvalue weighted by Gasteiger charge is -2.32. The SMILES string of the molecule is CC(C=CC1=C(C)CCCC1(C)C)=CC=CC(C)=CC(=O)OCC(CO)(CO)CO. The number of hydrogen-bond donors (Lipinski definition) is 3. The molecule has 0 radical (unpaired) electrons. The number of esters is 1. The topological polar surface area (TPSA) is 87.0 Å². The van der Waals surface area contributed by atoms with Crippen LogP contribution in [0.4, 0.5) is 0 Å². The molecule has 0 saturated carbocycles. The molecule has 0 heterocycles. The number of ether oxygens (including phenoxy) is 1. The molecule has 5 nitrogen and oxygen atoms in total. The van der Waals surface area contributed by atoms with E-state index < -0.39 is 31.2 Å². The van der Waals surface area contributed by atoms with Crippen LogP contribution in [0.25, 0.3) is 0 Å². The molecule has 1 aliphatic rings. The molecule has 0 saturated heterocycles. The predicted octanol–water partition coefficient (Wildman–Crippen LogP) is 4.02. The number of carbonyl (C=O) groups excluding carboxylic acids is 1. The molecule has 0 bridgehead atoms. The highest BCUT2D eigenvalue weighted by atomic mass is 16.5. The second-order valence-electron chi connectivity index (χ2n) is 9.00. The summed E-state index contributed by atoms with van der Waals surface area (Å²) in [5.41, 5.74) is 3.71. The van der Waals surface area contributed by atoms with Crippen LogP contribution >= 0.6 is 0 Å². The quantitative estimate of drug-likeness (QED) is 0.283. The van der Waals surface area contributed by atoms with Crippen LogP contribution in [-0.2, 0) is 9.53 Å². The average molecular weight is 419 g/mol. The first-order valence-corrected chi connectivity index (χ1v) is 10.5. The van der Waals surface area contributed by atoms with Crippen molar-refractivity contribution in [2.24, 2.45) is 10.8 Å². The molecule has 30 heavy (non-hydrogen) atoms. The number of rotatable bonds is 10. The van der Waals surface area contributed by atoms with Crippen molar-refractivity contribution in [2.75, 3.05) is 26.4 Å². The number of carbonyl (C=O) groups is 1. The summed E-state index contributed by atoms with van der Waals surface area (Å²) < 4.78 is 5.05. The molecule has 0 aromatic carbocycles. The molecule has 1 aliphatic carbocycles. The zero-order valence-electron chi connectivity index (χ0n) is 19.1. The van der Waals surface area contributed by atoms with E-state index in [-0.39, 0.29) is 12.0 Å². The van der Waals surface area contributed by atoms with Gasteiger partial charge in [0.15, 0.2) is 0 Å². The Morgan fingerprint density at radius 1 is 1.10 bits per heavy atom. The number of aliphatic hydroxyl groups is 3. The fourth-order valence-corrected chi connectivity index (χ4v) is 3.42. The maximum Gasteiger partial charge on any atom is 0.331 e. The van der Waals surface area contributed by atoms with Crippen LogP contribution in [0.15, 0.2) is 58.7 Å². The first-order valence-electron chi connectivity index (χ1n) is 10.5. The maximum absolute atomic E-state index is 11.9. The van der Waals surface area contributed by atoms with Gasteiger partial charge in [0.25, 0.3) is 0 Å². The zero-order chi connectivity index (χ0) is 22.8. The standard InChI is InChI=1S/C25H38O5/c1-19(11-12-22-21(3)10-7-13-24(22,4)5)8-6-9-20(2)14-23(29)30-18-25(15-26,16-27)17-28/h6,8-9,11-12,14,26-28H,7,10,13,15-18H2,1-5H3. The highest BCUT2D eigenvalue weighted by molar-refractivity contribution is 5.83. The summed E-state index contributed by atoms with van der Waals surface area (Å²) in [5.74, 6) is -0.584. The first kappa shape index (κ1) is 26.1. The molecular formula is C25H38O5. The van der Waals surface area contributed by atoms with Crippen LogP contribution in [0, 0.1) is 10.8 Å². The second kappa shape index (κ2) is 12.0. The van der Waals surface area contributed by atoms with Crippen LogP contribution < -0.4 is 0 Å². The number of hydrogen-bond acceptors (Lipinski definition) is 5. The van der Waals surface area contributed by atoms with E-state index in [2.05, 4.69) is 32.9 Å². The van der Waals surface area contributed by atoms with Crippen molar-refractivity contribution >= 4 is 5.97 Å². The van der Waals surface area contributed by atoms with E-state index in [9.17, 15) is 20.1 Å². The van der Waals surface area contributed by atoms with Crippen LogP contribution in [-0.4, -0.2) is 47.7 Å². The monoisotopic (exact) mass is 418 g/mol. The van der Waals surface area contributed by atoms with Crippen molar-refractivity contribution in [3.8, 4) is 0 Å². The molecule has 1 rings (SSSR count). The van der Waals surface area contributed by atoms with Crippen molar-refractivity contribution in [3.63, 3.8) is 0 Å². The van der Waals surface area contributed by atoms with Gasteiger partial charge in [-0.05, 0) is 56.6 Å². The molecule has 0 aromatic rings. The summed E-state index contributed by atoms with van der Waals surface area (Å²) in [6, 6.07) is 0. The fraction of sp³-hybridized carbons (Fsp3) is 0.560. The molecule has 0 unspecified atom stereocenters. The van der Waals surface area contributed by atoms with Crippen molar-refractivity contribution in [1.29, 1.82) is 0 Å². The normalized spacial score (nSPS) is 18.5. The van der Waals surface area contributed by atoms with Gasteiger partial charge in [-0.25, -0.2) is 4.79 Å². The molecule has 0 fully saturated rings. The van der Waals surface area contributed by atoms with Gasteiger partial charge in [-0.3, -0.25) is 0 Å². The molecule has 168 valence electrons. The zero-order valence-corrected chi connectivity index (χ0v) is 19.1. The molecule has 0 aromatic heterocycles. The average Bonchev–Trinajstić information content (AvgIpc) is 2.68. The van der Waals surface area contributed by atoms with Gasteiger partial charge in [-0.2, -0.15) is 0 Å². The number of aliphatic hydroxyl groups excluding tert-OH is 3. The minimum Gasteiger partial charge on any atom is -0.462 e. The van der Waals surface area contributed by atoms with Gasteiger partial charge in [0.1, 0.15) is 6.61 Å². The Balaban J connectivity index is 2.68. The van der Waals surface area contributed by atoms with Gasteiger partial charge < -0.3 is 20.1 Å². The summed E-state index contributed by atoms with van der Waals surface area (Å²) >= 11 is 0. The molecule has 5 heteroatoms. The van der Waals surface area contributed by atoms with Gasteiger partial charge in [-0.15, -0.1) is 0 Å². The Hall–Kier alpha value is -1.95. The molecule has 0 aliphatic heterocycles. The Morgan fingerprint density at radius 3 is 2.30 bits per heavy atom. The summed E-state index contributed by atoms with van der Waals surface area (Å²) in [5, 5.41) is 27.8. The van der Waals surface area contributed by atoms with Crippen molar-refractivity contribution in [3.05, 3.63) is 58.7 Å². The Kier molecular flexibility index (Phi) is 10.5. The lowest BCUT2D eigenvalue weighted by atomic mass is 9.72. The van der Waals surface area contributed by atoms with Crippen LogP contribution in [0.1, 0.15) is 53.9 Å². The highest BCUT2D eigenvalue weighted by Crippen LogP contribution is 2.40. The van der Waals surface area contributed by atoms with Crippen LogP contribution in [0.3, 0.4) is 0 Å². The van der Waals surface area contributed by atoms with Crippen molar-refractivity contribution in [1.82, 2.24) is 0 Å². The largest absolute Gasteiger partial charge is 0.462 e. The predicted molar refractivity (Wildman–Crippen MR) is 121 cm³/mol. The minimum absolute atomic E-state index is 0.217. The second-order valence-corrected chi connectivity index (χ2v) is 9.00. The van der Waals surface area contributed by atoms with E-state index in [1.807, 2.05) is 25.2 Å². The summed E-state index contributed by atoms with van der Waals surface area (Å²) in [7, 11) is 0. The van der Waals surface area contributed by atoms with Gasteiger partial charge in [-0.1, -0.05) is 55.4 Å². The van der Waals surface area contributed by atoms with Gasteiger partial charge in [0, 0.05) is 6.08 Å². The Bertz CT molecular complexity index is 722. The summed E-state index contributed by atoms with van der Waals surface area (Å²) in [6.45, 7) is 8.98. The number of allylic oxidation sites excluding steroid dienone is 9. The van der Waals surface area contributed by atoms with E-state index >= 15 is 0 Å². The van der Waals surface area contributed by atoms with Gasteiger partial charge >= 0.3 is 5.97 Å². The third-order valence-corrected chi connectivity index (χ3v) is 5.65. The van der Waals surface area contributed by atoms with Crippen LogP contribution in [0.5, 0.6) is 0 Å². The minimum atomic E-state index is -1.22. The lowest BCUT2D eigenvalue weighted by Crippen LogP contribution is -2.39. The van der Waals surface area contributed by atoms with Crippen molar-refractivity contribution in [2.45, 2.75) is 53.9 Å².